The minimum atomic E-state index is 0.409. The molecule has 2 fully saturated rings. The molecule has 2 aliphatic carbocycles. The molecule has 0 spiro atoms. The van der Waals surface area contributed by atoms with Crippen molar-refractivity contribution in [2.24, 2.45) is 17.8 Å². The van der Waals surface area contributed by atoms with Crippen molar-refractivity contribution in [2.45, 2.75) is 45.1 Å². The molecule has 1 heterocycles. The van der Waals surface area contributed by atoms with Crippen molar-refractivity contribution in [2.75, 3.05) is 6.54 Å². The van der Waals surface area contributed by atoms with Crippen LogP contribution >= 0.6 is 34.5 Å². The minimum absolute atomic E-state index is 0.409. The fourth-order valence-corrected chi connectivity index (χ4v) is 5.61. The van der Waals surface area contributed by atoms with E-state index >= 15 is 0 Å². The van der Waals surface area contributed by atoms with E-state index in [4.69, 9.17) is 23.2 Å². The lowest BCUT2D eigenvalue weighted by molar-refractivity contribution is 0.251. The number of nitrogens with one attached hydrogen (secondary N) is 1. The van der Waals surface area contributed by atoms with Gasteiger partial charge in [-0.05, 0) is 56.0 Å². The average molecular weight is 318 g/mol. The maximum atomic E-state index is 6.39. The third kappa shape index (κ3) is 2.83. The number of hydrogen-bond acceptors (Lipinski definition) is 2. The Morgan fingerprint density at radius 3 is 2.74 bits per heavy atom. The van der Waals surface area contributed by atoms with Crippen molar-refractivity contribution < 1.29 is 0 Å². The minimum Gasteiger partial charge on any atom is -0.310 e. The SMILES string of the molecule is CCCNC(c1cc(Cl)sc1Cl)C1CC2CCC1C2. The molecular formula is C15H21Cl2NS. The molecule has 3 rings (SSSR count). The van der Waals surface area contributed by atoms with Crippen molar-refractivity contribution in [1.29, 1.82) is 0 Å². The Hall–Kier alpha value is 0.240. The van der Waals surface area contributed by atoms with E-state index < -0.39 is 0 Å². The third-order valence-electron chi connectivity index (χ3n) is 4.85. The van der Waals surface area contributed by atoms with Gasteiger partial charge in [0.2, 0.25) is 0 Å². The molecule has 0 amide bonds. The quantitative estimate of drug-likeness (QED) is 0.752. The van der Waals surface area contributed by atoms with E-state index in [1.807, 2.05) is 0 Å². The molecule has 2 saturated carbocycles. The largest absolute Gasteiger partial charge is 0.310 e. The zero-order valence-electron chi connectivity index (χ0n) is 11.3. The van der Waals surface area contributed by atoms with Gasteiger partial charge in [-0.2, -0.15) is 0 Å². The predicted molar refractivity (Wildman–Crippen MR) is 84.3 cm³/mol. The second-order valence-corrected chi connectivity index (χ2v) is 8.34. The Morgan fingerprint density at radius 2 is 2.21 bits per heavy atom. The highest BCUT2D eigenvalue weighted by Crippen LogP contribution is 2.53. The smallest absolute Gasteiger partial charge is 0.0992 e. The van der Waals surface area contributed by atoms with Crippen LogP contribution in [-0.2, 0) is 0 Å². The van der Waals surface area contributed by atoms with Crippen molar-refractivity contribution >= 4 is 34.5 Å². The first-order chi connectivity index (χ1) is 9.19. The van der Waals surface area contributed by atoms with Crippen LogP contribution in [0.1, 0.15) is 50.6 Å². The lowest BCUT2D eigenvalue weighted by atomic mass is 9.81. The van der Waals surface area contributed by atoms with E-state index in [2.05, 4.69) is 18.3 Å². The van der Waals surface area contributed by atoms with Crippen LogP contribution < -0.4 is 5.32 Å². The van der Waals surface area contributed by atoms with Crippen molar-refractivity contribution in [3.05, 3.63) is 20.3 Å². The molecule has 1 N–H and O–H groups in total. The van der Waals surface area contributed by atoms with Crippen LogP contribution in [0.4, 0.5) is 0 Å². The van der Waals surface area contributed by atoms with Gasteiger partial charge < -0.3 is 5.32 Å². The lowest BCUT2D eigenvalue weighted by Crippen LogP contribution is -2.31. The summed E-state index contributed by atoms with van der Waals surface area (Å²) in [4.78, 5) is 0. The molecule has 106 valence electrons. The van der Waals surface area contributed by atoms with Crippen LogP contribution in [0.5, 0.6) is 0 Å². The number of fused-ring (bicyclic) bond motifs is 2. The summed E-state index contributed by atoms with van der Waals surface area (Å²) in [5.74, 6) is 2.62. The molecule has 0 saturated heterocycles. The van der Waals surface area contributed by atoms with Gasteiger partial charge in [0.05, 0.1) is 8.67 Å². The van der Waals surface area contributed by atoms with E-state index in [1.54, 1.807) is 0 Å². The topological polar surface area (TPSA) is 12.0 Å². The summed E-state index contributed by atoms with van der Waals surface area (Å²) in [5.41, 5.74) is 1.24. The van der Waals surface area contributed by atoms with E-state index in [0.717, 1.165) is 39.4 Å². The van der Waals surface area contributed by atoms with Gasteiger partial charge in [-0.25, -0.2) is 0 Å². The maximum absolute atomic E-state index is 6.39. The van der Waals surface area contributed by atoms with Crippen molar-refractivity contribution in [1.82, 2.24) is 5.32 Å². The number of thiophene rings is 1. The Kier molecular flexibility index (Phi) is 4.43. The summed E-state index contributed by atoms with van der Waals surface area (Å²) in [7, 11) is 0. The lowest BCUT2D eigenvalue weighted by Gasteiger charge is -2.31. The summed E-state index contributed by atoms with van der Waals surface area (Å²) in [5, 5.41) is 3.73. The van der Waals surface area contributed by atoms with Crippen LogP contribution in [-0.4, -0.2) is 6.54 Å². The van der Waals surface area contributed by atoms with Gasteiger partial charge in [-0.1, -0.05) is 36.5 Å². The summed E-state index contributed by atoms with van der Waals surface area (Å²) < 4.78 is 1.69. The molecule has 1 aromatic heterocycles. The molecule has 2 aliphatic rings. The molecule has 4 atom stereocenters. The molecule has 0 radical (unpaired) electrons. The van der Waals surface area contributed by atoms with Gasteiger partial charge in [-0.3, -0.25) is 0 Å². The predicted octanol–water partition coefficient (Wildman–Crippen LogP) is 5.53. The Balaban J connectivity index is 1.83. The molecule has 1 aromatic rings. The maximum Gasteiger partial charge on any atom is 0.0992 e. The van der Waals surface area contributed by atoms with E-state index in [-0.39, 0.29) is 0 Å². The van der Waals surface area contributed by atoms with Crippen LogP contribution in [0.2, 0.25) is 8.67 Å². The number of hydrogen-bond donors (Lipinski definition) is 1. The summed E-state index contributed by atoms with van der Waals surface area (Å²) in [6.45, 7) is 3.27. The van der Waals surface area contributed by atoms with E-state index in [1.165, 1.54) is 42.6 Å². The number of rotatable bonds is 5. The van der Waals surface area contributed by atoms with Crippen LogP contribution in [0.25, 0.3) is 0 Å². The summed E-state index contributed by atoms with van der Waals surface area (Å²) in [6, 6.07) is 2.49. The highest BCUT2D eigenvalue weighted by atomic mass is 35.5. The first kappa shape index (κ1) is 14.2. The normalized spacial score (nSPS) is 31.0. The molecule has 19 heavy (non-hydrogen) atoms. The van der Waals surface area contributed by atoms with Gasteiger partial charge in [0, 0.05) is 11.6 Å². The summed E-state index contributed by atoms with van der Waals surface area (Å²) in [6.07, 6.45) is 6.82. The van der Waals surface area contributed by atoms with Gasteiger partial charge in [-0.15, -0.1) is 11.3 Å². The number of halogens is 2. The zero-order valence-corrected chi connectivity index (χ0v) is 13.6. The van der Waals surface area contributed by atoms with Gasteiger partial charge >= 0.3 is 0 Å². The molecule has 0 aliphatic heterocycles. The van der Waals surface area contributed by atoms with E-state index in [9.17, 15) is 0 Å². The van der Waals surface area contributed by atoms with Gasteiger partial charge in [0.25, 0.3) is 0 Å². The molecular weight excluding hydrogens is 297 g/mol. The zero-order chi connectivity index (χ0) is 13.4. The fourth-order valence-electron chi connectivity index (χ4n) is 4.06. The molecule has 0 aromatic carbocycles. The average Bonchev–Trinajstić information content (AvgIpc) is 3.06. The van der Waals surface area contributed by atoms with Crippen LogP contribution in [0.15, 0.2) is 6.07 Å². The molecule has 4 unspecified atom stereocenters. The Labute approximate surface area is 129 Å². The Bertz CT molecular complexity index is 445. The monoisotopic (exact) mass is 317 g/mol. The van der Waals surface area contributed by atoms with Crippen LogP contribution in [0, 0.1) is 17.8 Å². The highest BCUT2D eigenvalue weighted by molar-refractivity contribution is 7.20. The fraction of sp³-hybridized carbons (Fsp3) is 0.733. The standard InChI is InChI=1S/C15H21Cl2NS/c1-2-5-18-14(12-8-13(16)19-15(12)17)11-7-9-3-4-10(11)6-9/h8-11,14,18H,2-7H2,1H3. The Morgan fingerprint density at radius 1 is 1.37 bits per heavy atom. The van der Waals surface area contributed by atoms with Crippen LogP contribution in [0.3, 0.4) is 0 Å². The first-order valence-corrected chi connectivity index (χ1v) is 8.94. The van der Waals surface area contributed by atoms with Crippen molar-refractivity contribution in [3.63, 3.8) is 0 Å². The van der Waals surface area contributed by atoms with Gasteiger partial charge in [0.1, 0.15) is 0 Å². The highest BCUT2D eigenvalue weighted by Gasteiger charge is 2.43. The summed E-state index contributed by atoms with van der Waals surface area (Å²) >= 11 is 14.0. The van der Waals surface area contributed by atoms with Crippen molar-refractivity contribution in [3.8, 4) is 0 Å². The second kappa shape index (κ2) is 5.93. The van der Waals surface area contributed by atoms with E-state index in [0.29, 0.717) is 6.04 Å². The second-order valence-electron chi connectivity index (χ2n) is 6.05. The van der Waals surface area contributed by atoms with Gasteiger partial charge in [0.15, 0.2) is 0 Å². The first-order valence-electron chi connectivity index (χ1n) is 7.37. The third-order valence-corrected chi connectivity index (χ3v) is 6.37. The molecule has 2 bridgehead atoms. The molecule has 1 nitrogen and oxygen atoms in total. The molecule has 4 heteroatoms.